The molecule has 86 valence electrons. The summed E-state index contributed by atoms with van der Waals surface area (Å²) < 4.78 is 5.12. The van der Waals surface area contributed by atoms with E-state index in [1.807, 2.05) is 18.9 Å². The summed E-state index contributed by atoms with van der Waals surface area (Å²) in [6.07, 6.45) is 3.11. The molecule has 2 N–H and O–H groups in total. The summed E-state index contributed by atoms with van der Waals surface area (Å²) >= 11 is 0. The minimum absolute atomic E-state index is 0.128. The monoisotopic (exact) mass is 212 g/mol. The van der Waals surface area contributed by atoms with Crippen LogP contribution in [0.1, 0.15) is 45.0 Å². The summed E-state index contributed by atoms with van der Waals surface area (Å²) in [5.41, 5.74) is 5.92. The van der Waals surface area contributed by atoms with E-state index >= 15 is 0 Å². The molecule has 0 aliphatic carbocycles. The van der Waals surface area contributed by atoms with E-state index in [2.05, 4.69) is 17.1 Å². The van der Waals surface area contributed by atoms with Gasteiger partial charge in [0.05, 0.1) is 6.04 Å². The van der Waals surface area contributed by atoms with E-state index in [1.54, 1.807) is 0 Å². The van der Waals surface area contributed by atoms with Gasteiger partial charge in [-0.15, -0.1) is 0 Å². The second-order valence-corrected chi connectivity index (χ2v) is 3.70. The van der Waals surface area contributed by atoms with Gasteiger partial charge < -0.3 is 15.2 Å². The molecular weight excluding hydrogens is 192 g/mol. The highest BCUT2D eigenvalue weighted by molar-refractivity contribution is 5.25. The van der Waals surface area contributed by atoms with Crippen molar-refractivity contribution in [1.29, 1.82) is 0 Å². The number of rotatable bonds is 6. The normalized spacial score (nSPS) is 12.8. The van der Waals surface area contributed by atoms with Crippen LogP contribution in [0, 0.1) is 0 Å². The second kappa shape index (κ2) is 5.70. The maximum Gasteiger partial charge on any atom is 0.265 e. The highest BCUT2D eigenvalue weighted by Gasteiger charge is 2.15. The Labute approximate surface area is 90.6 Å². The molecule has 0 unspecified atom stereocenters. The fourth-order valence-electron chi connectivity index (χ4n) is 1.22. The molecule has 0 saturated carbocycles. The Balaban J connectivity index is 2.58. The highest BCUT2D eigenvalue weighted by atomic mass is 16.5. The average Bonchev–Trinajstić information content (AvgIpc) is 2.74. The average molecular weight is 212 g/mol. The van der Waals surface area contributed by atoms with Gasteiger partial charge in [0.15, 0.2) is 0 Å². The first-order valence-electron chi connectivity index (χ1n) is 5.49. The fourth-order valence-corrected chi connectivity index (χ4v) is 1.22. The highest BCUT2D eigenvalue weighted by Crippen LogP contribution is 2.17. The number of nitrogens with zero attached hydrogens (tertiary/aromatic N) is 3. The Hall–Kier alpha value is -1.10. The van der Waals surface area contributed by atoms with Crippen LogP contribution in [0.25, 0.3) is 0 Å². The van der Waals surface area contributed by atoms with Crippen molar-refractivity contribution < 1.29 is 4.52 Å². The Morgan fingerprint density at radius 1 is 1.47 bits per heavy atom. The van der Waals surface area contributed by atoms with E-state index in [9.17, 15) is 0 Å². The van der Waals surface area contributed by atoms with Gasteiger partial charge in [-0.3, -0.25) is 0 Å². The molecule has 5 heteroatoms. The lowest BCUT2D eigenvalue weighted by Crippen LogP contribution is -2.17. The van der Waals surface area contributed by atoms with E-state index in [1.165, 1.54) is 0 Å². The van der Waals surface area contributed by atoms with Gasteiger partial charge in [0.2, 0.25) is 5.89 Å². The van der Waals surface area contributed by atoms with Crippen molar-refractivity contribution in [3.8, 4) is 0 Å². The van der Waals surface area contributed by atoms with Crippen molar-refractivity contribution in [2.45, 2.75) is 39.2 Å². The largest absolute Gasteiger partial charge is 0.342 e. The Morgan fingerprint density at radius 3 is 2.80 bits per heavy atom. The summed E-state index contributed by atoms with van der Waals surface area (Å²) in [5.74, 6) is 1.15. The standard InChI is InChI=1S/C10H20N4O/c1-4-6-7-8(11)9-12-10(13-15-9)14(3)5-2/h8H,4-7,11H2,1-3H3/t8-/m0/s1. The smallest absolute Gasteiger partial charge is 0.265 e. The number of hydrogen-bond acceptors (Lipinski definition) is 5. The van der Waals surface area contributed by atoms with Crippen LogP contribution in [-0.2, 0) is 0 Å². The predicted molar refractivity (Wildman–Crippen MR) is 59.7 cm³/mol. The SMILES string of the molecule is CCCC[C@H](N)c1nc(N(C)CC)no1. The molecule has 1 rings (SSSR count). The molecule has 1 atom stereocenters. The molecule has 0 spiro atoms. The summed E-state index contributed by atoms with van der Waals surface area (Å²) in [5, 5.41) is 3.88. The van der Waals surface area contributed by atoms with Crippen LogP contribution < -0.4 is 10.6 Å². The lowest BCUT2D eigenvalue weighted by molar-refractivity contribution is 0.346. The third-order valence-corrected chi connectivity index (χ3v) is 2.43. The van der Waals surface area contributed by atoms with Crippen molar-refractivity contribution in [3.05, 3.63) is 5.89 Å². The number of anilines is 1. The zero-order chi connectivity index (χ0) is 11.3. The van der Waals surface area contributed by atoms with Gasteiger partial charge in [0.25, 0.3) is 5.95 Å². The lowest BCUT2D eigenvalue weighted by Gasteiger charge is -2.09. The summed E-state index contributed by atoms with van der Waals surface area (Å²) in [6, 6.07) is -0.128. The topological polar surface area (TPSA) is 68.2 Å². The van der Waals surface area contributed by atoms with Gasteiger partial charge in [-0.05, 0) is 18.5 Å². The molecule has 0 aliphatic heterocycles. The molecule has 5 nitrogen and oxygen atoms in total. The van der Waals surface area contributed by atoms with E-state index < -0.39 is 0 Å². The Bertz CT molecular complexity index is 287. The number of aromatic nitrogens is 2. The zero-order valence-electron chi connectivity index (χ0n) is 9.73. The fraction of sp³-hybridized carbons (Fsp3) is 0.800. The molecule has 0 aromatic carbocycles. The first kappa shape index (κ1) is 12.0. The Morgan fingerprint density at radius 2 is 2.20 bits per heavy atom. The molecule has 1 aromatic heterocycles. The van der Waals surface area contributed by atoms with Gasteiger partial charge in [0.1, 0.15) is 0 Å². The molecule has 1 aromatic rings. The number of unbranched alkanes of at least 4 members (excludes halogenated alkanes) is 1. The van der Waals surface area contributed by atoms with Gasteiger partial charge in [0, 0.05) is 13.6 Å². The van der Waals surface area contributed by atoms with Gasteiger partial charge >= 0.3 is 0 Å². The van der Waals surface area contributed by atoms with Crippen LogP contribution in [0.5, 0.6) is 0 Å². The second-order valence-electron chi connectivity index (χ2n) is 3.70. The molecular formula is C10H20N4O. The number of nitrogens with two attached hydrogens (primary N) is 1. The molecule has 0 radical (unpaired) electrons. The molecule has 1 heterocycles. The zero-order valence-corrected chi connectivity index (χ0v) is 9.73. The Kier molecular flexibility index (Phi) is 4.55. The van der Waals surface area contributed by atoms with Crippen LogP contribution >= 0.6 is 0 Å². The molecule has 0 fully saturated rings. The van der Waals surface area contributed by atoms with Crippen LogP contribution in [0.2, 0.25) is 0 Å². The van der Waals surface area contributed by atoms with Crippen LogP contribution in [0.15, 0.2) is 4.52 Å². The first-order valence-corrected chi connectivity index (χ1v) is 5.49. The predicted octanol–water partition coefficient (Wildman–Crippen LogP) is 1.72. The van der Waals surface area contributed by atoms with Crippen LogP contribution in [0.4, 0.5) is 5.95 Å². The first-order chi connectivity index (χ1) is 7.19. The third-order valence-electron chi connectivity index (χ3n) is 2.43. The van der Waals surface area contributed by atoms with Crippen molar-refractivity contribution in [1.82, 2.24) is 10.1 Å². The van der Waals surface area contributed by atoms with Crippen molar-refractivity contribution in [2.24, 2.45) is 5.73 Å². The van der Waals surface area contributed by atoms with Crippen molar-refractivity contribution >= 4 is 5.95 Å². The van der Waals surface area contributed by atoms with Crippen molar-refractivity contribution in [3.63, 3.8) is 0 Å². The van der Waals surface area contributed by atoms with E-state index in [-0.39, 0.29) is 6.04 Å². The van der Waals surface area contributed by atoms with Crippen molar-refractivity contribution in [2.75, 3.05) is 18.5 Å². The quantitative estimate of drug-likeness (QED) is 0.777. The summed E-state index contributed by atoms with van der Waals surface area (Å²) in [7, 11) is 1.92. The maximum absolute atomic E-state index is 5.92. The van der Waals surface area contributed by atoms with Crippen LogP contribution in [0.3, 0.4) is 0 Å². The lowest BCUT2D eigenvalue weighted by atomic mass is 10.1. The summed E-state index contributed by atoms with van der Waals surface area (Å²) in [6.45, 7) is 5.02. The molecule has 0 bridgehead atoms. The van der Waals surface area contributed by atoms with E-state index in [4.69, 9.17) is 10.3 Å². The van der Waals surface area contributed by atoms with Gasteiger partial charge in [-0.1, -0.05) is 19.8 Å². The van der Waals surface area contributed by atoms with Gasteiger partial charge in [-0.2, -0.15) is 4.98 Å². The van der Waals surface area contributed by atoms with E-state index in [0.29, 0.717) is 11.8 Å². The number of hydrogen-bond donors (Lipinski definition) is 1. The minimum Gasteiger partial charge on any atom is -0.342 e. The van der Waals surface area contributed by atoms with Crippen LogP contribution in [-0.4, -0.2) is 23.7 Å². The third kappa shape index (κ3) is 3.20. The maximum atomic E-state index is 5.92. The molecule has 15 heavy (non-hydrogen) atoms. The minimum atomic E-state index is -0.128. The molecule has 0 amide bonds. The molecule has 0 aliphatic rings. The van der Waals surface area contributed by atoms with E-state index in [0.717, 1.165) is 25.8 Å². The van der Waals surface area contributed by atoms with Gasteiger partial charge in [-0.25, -0.2) is 0 Å². The molecule has 0 saturated heterocycles. The summed E-state index contributed by atoms with van der Waals surface area (Å²) in [4.78, 5) is 6.17.